The van der Waals surface area contributed by atoms with E-state index in [1.165, 1.54) is 6.07 Å². The SMILES string of the molecule is CCCCc1nc(Cl)c(CNCc2ccc(F)c(F)c2)[nH]1. The largest absolute Gasteiger partial charge is 0.344 e. The second-order valence-electron chi connectivity index (χ2n) is 4.91. The molecule has 2 aromatic rings. The summed E-state index contributed by atoms with van der Waals surface area (Å²) in [7, 11) is 0. The lowest BCUT2D eigenvalue weighted by atomic mass is 10.2. The predicted octanol–water partition coefficient (Wildman–Crippen LogP) is 3.97. The van der Waals surface area contributed by atoms with E-state index >= 15 is 0 Å². The topological polar surface area (TPSA) is 40.7 Å². The van der Waals surface area contributed by atoms with Gasteiger partial charge in [0.25, 0.3) is 0 Å². The van der Waals surface area contributed by atoms with Gasteiger partial charge in [0.1, 0.15) is 5.82 Å². The molecule has 114 valence electrons. The second kappa shape index (κ2) is 7.52. The Labute approximate surface area is 127 Å². The summed E-state index contributed by atoms with van der Waals surface area (Å²) >= 11 is 6.06. The second-order valence-corrected chi connectivity index (χ2v) is 5.27. The zero-order valence-electron chi connectivity index (χ0n) is 11.8. The lowest BCUT2D eigenvalue weighted by Crippen LogP contribution is -2.13. The fourth-order valence-electron chi connectivity index (χ4n) is 2.00. The Kier molecular flexibility index (Phi) is 5.70. The van der Waals surface area contributed by atoms with E-state index in [2.05, 4.69) is 22.2 Å². The highest BCUT2D eigenvalue weighted by Gasteiger charge is 2.08. The van der Waals surface area contributed by atoms with Gasteiger partial charge in [-0.1, -0.05) is 31.0 Å². The van der Waals surface area contributed by atoms with E-state index in [9.17, 15) is 8.78 Å². The molecule has 0 saturated heterocycles. The number of H-pyrrole nitrogens is 1. The van der Waals surface area contributed by atoms with Crippen molar-refractivity contribution in [1.29, 1.82) is 0 Å². The Morgan fingerprint density at radius 1 is 1.24 bits per heavy atom. The molecule has 0 atom stereocenters. The van der Waals surface area contributed by atoms with Crippen LogP contribution < -0.4 is 5.32 Å². The molecule has 0 radical (unpaired) electrons. The number of aromatic nitrogens is 2. The Hall–Kier alpha value is -1.46. The van der Waals surface area contributed by atoms with Gasteiger partial charge in [-0.25, -0.2) is 13.8 Å². The van der Waals surface area contributed by atoms with E-state index in [0.29, 0.717) is 23.8 Å². The van der Waals surface area contributed by atoms with E-state index < -0.39 is 11.6 Å². The average molecular weight is 314 g/mol. The maximum atomic E-state index is 13.1. The normalized spacial score (nSPS) is 11.0. The molecule has 2 N–H and O–H groups in total. The smallest absolute Gasteiger partial charge is 0.159 e. The Bertz CT molecular complexity index is 599. The van der Waals surface area contributed by atoms with Crippen LogP contribution in [0.4, 0.5) is 8.78 Å². The van der Waals surface area contributed by atoms with Gasteiger partial charge in [-0.3, -0.25) is 0 Å². The van der Waals surface area contributed by atoms with Crippen molar-refractivity contribution in [2.75, 3.05) is 0 Å². The third kappa shape index (κ3) is 4.51. The zero-order chi connectivity index (χ0) is 15.2. The van der Waals surface area contributed by atoms with Crippen molar-refractivity contribution in [2.24, 2.45) is 0 Å². The number of nitrogens with one attached hydrogen (secondary N) is 2. The zero-order valence-corrected chi connectivity index (χ0v) is 12.6. The molecule has 0 aliphatic rings. The van der Waals surface area contributed by atoms with E-state index in [1.54, 1.807) is 6.07 Å². The van der Waals surface area contributed by atoms with Gasteiger partial charge >= 0.3 is 0 Å². The van der Waals surface area contributed by atoms with Crippen LogP contribution in [0.25, 0.3) is 0 Å². The quantitative estimate of drug-likeness (QED) is 0.812. The molecule has 0 spiro atoms. The van der Waals surface area contributed by atoms with Gasteiger partial charge in [-0.2, -0.15) is 0 Å². The maximum absolute atomic E-state index is 13.1. The van der Waals surface area contributed by atoms with Crippen LogP contribution in [0.2, 0.25) is 5.15 Å². The Morgan fingerprint density at radius 3 is 2.76 bits per heavy atom. The summed E-state index contributed by atoms with van der Waals surface area (Å²) < 4.78 is 25.9. The highest BCUT2D eigenvalue weighted by atomic mass is 35.5. The van der Waals surface area contributed by atoms with Gasteiger partial charge in [-0.05, 0) is 24.1 Å². The Balaban J connectivity index is 1.88. The van der Waals surface area contributed by atoms with Crippen LogP contribution in [0.5, 0.6) is 0 Å². The van der Waals surface area contributed by atoms with Gasteiger partial charge in [-0.15, -0.1) is 0 Å². The molecule has 21 heavy (non-hydrogen) atoms. The standard InChI is InChI=1S/C15H18ClF2N3/c1-2-3-4-14-20-13(15(16)21-14)9-19-8-10-5-6-11(17)12(18)7-10/h5-7,19H,2-4,8-9H2,1H3,(H,20,21). The number of aryl methyl sites for hydroxylation is 1. The summed E-state index contributed by atoms with van der Waals surface area (Å²) in [6.07, 6.45) is 3.03. The summed E-state index contributed by atoms with van der Waals surface area (Å²) in [6.45, 7) is 3.04. The van der Waals surface area contributed by atoms with Crippen molar-refractivity contribution < 1.29 is 8.78 Å². The molecular weight excluding hydrogens is 296 g/mol. The van der Waals surface area contributed by atoms with Crippen molar-refractivity contribution in [3.8, 4) is 0 Å². The van der Waals surface area contributed by atoms with Gasteiger partial charge in [0.05, 0.1) is 5.69 Å². The third-order valence-electron chi connectivity index (χ3n) is 3.16. The number of hydrogen-bond donors (Lipinski definition) is 2. The number of nitrogens with zero attached hydrogens (tertiary/aromatic N) is 1. The van der Waals surface area contributed by atoms with Crippen molar-refractivity contribution in [3.05, 3.63) is 52.1 Å². The number of halogens is 3. The molecule has 1 aromatic carbocycles. The van der Waals surface area contributed by atoms with Crippen molar-refractivity contribution in [3.63, 3.8) is 0 Å². The molecule has 0 fully saturated rings. The fraction of sp³-hybridized carbons (Fsp3) is 0.400. The first-order chi connectivity index (χ1) is 10.1. The van der Waals surface area contributed by atoms with Crippen LogP contribution in [0, 0.1) is 11.6 Å². The first kappa shape index (κ1) is 15.9. The van der Waals surface area contributed by atoms with Crippen molar-refractivity contribution in [1.82, 2.24) is 15.3 Å². The summed E-state index contributed by atoms with van der Waals surface area (Å²) in [5.74, 6) is -0.793. The molecule has 3 nitrogen and oxygen atoms in total. The highest BCUT2D eigenvalue weighted by Crippen LogP contribution is 2.14. The van der Waals surface area contributed by atoms with Gasteiger partial charge in [0.2, 0.25) is 0 Å². The van der Waals surface area contributed by atoms with E-state index in [1.807, 2.05) is 0 Å². The minimum absolute atomic E-state index is 0.427. The summed E-state index contributed by atoms with van der Waals surface area (Å²) in [4.78, 5) is 7.44. The molecule has 0 unspecified atom stereocenters. The molecule has 0 bridgehead atoms. The monoisotopic (exact) mass is 313 g/mol. The third-order valence-corrected chi connectivity index (χ3v) is 3.47. The number of unbranched alkanes of at least 4 members (excludes halogenated alkanes) is 1. The summed E-state index contributed by atoms with van der Waals surface area (Å²) in [5, 5.41) is 3.59. The molecule has 0 aliphatic carbocycles. The van der Waals surface area contributed by atoms with Crippen molar-refractivity contribution in [2.45, 2.75) is 39.3 Å². The first-order valence-corrected chi connectivity index (χ1v) is 7.36. The number of aromatic amines is 1. The van der Waals surface area contributed by atoms with E-state index in [-0.39, 0.29) is 0 Å². The summed E-state index contributed by atoms with van der Waals surface area (Å²) in [6, 6.07) is 3.86. The number of imidazole rings is 1. The number of hydrogen-bond acceptors (Lipinski definition) is 2. The maximum Gasteiger partial charge on any atom is 0.159 e. The molecule has 1 aromatic heterocycles. The predicted molar refractivity (Wildman–Crippen MR) is 79.1 cm³/mol. The molecule has 6 heteroatoms. The molecule has 0 aliphatic heterocycles. The van der Waals surface area contributed by atoms with Crippen molar-refractivity contribution >= 4 is 11.6 Å². The van der Waals surface area contributed by atoms with Gasteiger partial charge in [0.15, 0.2) is 16.8 Å². The average Bonchev–Trinajstić information content (AvgIpc) is 2.81. The van der Waals surface area contributed by atoms with Crippen LogP contribution in [0.1, 0.15) is 36.8 Å². The molecule has 0 amide bonds. The molecular formula is C15H18ClF2N3. The lowest BCUT2D eigenvalue weighted by Gasteiger charge is -2.04. The minimum Gasteiger partial charge on any atom is -0.344 e. The Morgan fingerprint density at radius 2 is 2.05 bits per heavy atom. The van der Waals surface area contributed by atoms with Crippen LogP contribution in [0.15, 0.2) is 18.2 Å². The van der Waals surface area contributed by atoms with Gasteiger partial charge in [0, 0.05) is 19.5 Å². The minimum atomic E-state index is -0.837. The first-order valence-electron chi connectivity index (χ1n) is 6.98. The molecule has 2 rings (SSSR count). The summed E-state index contributed by atoms with van der Waals surface area (Å²) in [5.41, 5.74) is 1.49. The van der Waals surface area contributed by atoms with Crippen LogP contribution in [-0.2, 0) is 19.5 Å². The highest BCUT2D eigenvalue weighted by molar-refractivity contribution is 6.30. The van der Waals surface area contributed by atoms with E-state index in [4.69, 9.17) is 11.6 Å². The van der Waals surface area contributed by atoms with Crippen LogP contribution in [-0.4, -0.2) is 9.97 Å². The molecule has 1 heterocycles. The van der Waals surface area contributed by atoms with Gasteiger partial charge < -0.3 is 10.3 Å². The number of rotatable bonds is 7. The lowest BCUT2D eigenvalue weighted by molar-refractivity contribution is 0.506. The molecule has 0 saturated carbocycles. The fourth-order valence-corrected chi connectivity index (χ4v) is 2.22. The number of benzene rings is 1. The van der Waals surface area contributed by atoms with Crippen LogP contribution in [0.3, 0.4) is 0 Å². The van der Waals surface area contributed by atoms with Crippen LogP contribution >= 0.6 is 11.6 Å². The van der Waals surface area contributed by atoms with E-state index in [0.717, 1.165) is 36.8 Å².